The van der Waals surface area contributed by atoms with Crippen LogP contribution in [-0.4, -0.2) is 37.7 Å². The van der Waals surface area contributed by atoms with Gasteiger partial charge in [-0.2, -0.15) is 13.2 Å². The van der Waals surface area contributed by atoms with Crippen molar-refractivity contribution in [1.29, 1.82) is 0 Å². The van der Waals surface area contributed by atoms with Crippen molar-refractivity contribution in [3.8, 4) is 5.75 Å². The normalized spacial score (nSPS) is 11.2. The van der Waals surface area contributed by atoms with E-state index in [4.69, 9.17) is 5.73 Å². The van der Waals surface area contributed by atoms with Gasteiger partial charge < -0.3 is 15.4 Å². The second-order valence-electron chi connectivity index (χ2n) is 3.83. The zero-order chi connectivity index (χ0) is 13.9. The molecule has 0 saturated carbocycles. The summed E-state index contributed by atoms with van der Waals surface area (Å²) >= 11 is 0. The van der Waals surface area contributed by atoms with Crippen LogP contribution in [0, 0.1) is 0 Å². The maximum Gasteiger partial charge on any atom is 0.422 e. The number of carbonyl (C=O) groups excluding carboxylic acids is 1. The van der Waals surface area contributed by atoms with Crippen LogP contribution in [0.25, 0.3) is 0 Å². The summed E-state index contributed by atoms with van der Waals surface area (Å²) in [6.45, 7) is -1.49. The molecule has 2 N–H and O–H groups in total. The van der Waals surface area contributed by atoms with Crippen molar-refractivity contribution in [1.82, 2.24) is 4.90 Å². The lowest BCUT2D eigenvalue weighted by Gasteiger charge is -2.17. The van der Waals surface area contributed by atoms with Crippen molar-refractivity contribution in [3.63, 3.8) is 0 Å². The monoisotopic (exact) mass is 262 g/mol. The van der Waals surface area contributed by atoms with Crippen molar-refractivity contribution in [2.24, 2.45) is 0 Å². The molecule has 7 heteroatoms. The third-order valence-corrected chi connectivity index (χ3v) is 2.06. The van der Waals surface area contributed by atoms with E-state index in [9.17, 15) is 18.0 Å². The smallest absolute Gasteiger partial charge is 0.422 e. The predicted molar refractivity (Wildman–Crippen MR) is 60.4 cm³/mol. The Kier molecular flexibility index (Phi) is 4.05. The number of nitrogens with zero attached hydrogens (tertiary/aromatic N) is 1. The molecule has 100 valence electrons. The van der Waals surface area contributed by atoms with Crippen LogP contribution in [0.1, 0.15) is 10.4 Å². The predicted octanol–water partition coefficient (Wildman–Crippen LogP) is 1.91. The van der Waals surface area contributed by atoms with E-state index >= 15 is 0 Å². The van der Waals surface area contributed by atoms with Crippen LogP contribution in [-0.2, 0) is 0 Å². The molecule has 1 aromatic carbocycles. The van der Waals surface area contributed by atoms with Gasteiger partial charge in [-0.25, -0.2) is 0 Å². The minimum absolute atomic E-state index is 0.00394. The van der Waals surface area contributed by atoms with Crippen LogP contribution in [0.15, 0.2) is 18.2 Å². The van der Waals surface area contributed by atoms with Gasteiger partial charge in [-0.05, 0) is 12.1 Å². The number of hydrogen-bond donors (Lipinski definition) is 1. The van der Waals surface area contributed by atoms with Crippen molar-refractivity contribution >= 4 is 11.6 Å². The van der Waals surface area contributed by atoms with Gasteiger partial charge in [-0.3, -0.25) is 4.79 Å². The fourth-order valence-electron chi connectivity index (χ4n) is 1.28. The molecule has 0 radical (unpaired) electrons. The standard InChI is InChI=1S/C11H13F3N2O2/c1-16(2)10(17)7-4-3-5-8(15)9(7)18-6-11(12,13)14/h3-5H,6,15H2,1-2H3. The molecule has 0 fully saturated rings. The van der Waals surface area contributed by atoms with Crippen LogP contribution >= 0.6 is 0 Å². The minimum atomic E-state index is -4.49. The highest BCUT2D eigenvalue weighted by atomic mass is 19.4. The lowest BCUT2D eigenvalue weighted by Crippen LogP contribution is -2.25. The number of ether oxygens (including phenoxy) is 1. The Morgan fingerprint density at radius 2 is 2.00 bits per heavy atom. The molecule has 1 amide bonds. The number of benzene rings is 1. The third kappa shape index (κ3) is 3.54. The highest BCUT2D eigenvalue weighted by Gasteiger charge is 2.30. The molecular weight excluding hydrogens is 249 g/mol. The Hall–Kier alpha value is -1.92. The molecule has 0 saturated heterocycles. The summed E-state index contributed by atoms with van der Waals surface area (Å²) in [6.07, 6.45) is -4.49. The molecule has 0 spiro atoms. The first-order valence-electron chi connectivity index (χ1n) is 5.02. The fraction of sp³-hybridized carbons (Fsp3) is 0.364. The van der Waals surface area contributed by atoms with Gasteiger partial charge in [0.2, 0.25) is 0 Å². The van der Waals surface area contributed by atoms with E-state index in [2.05, 4.69) is 4.74 Å². The van der Waals surface area contributed by atoms with E-state index in [-0.39, 0.29) is 17.0 Å². The Labute approximate surface area is 102 Å². The first-order chi connectivity index (χ1) is 8.22. The van der Waals surface area contributed by atoms with Crippen LogP contribution in [0.5, 0.6) is 5.75 Å². The lowest BCUT2D eigenvalue weighted by atomic mass is 10.1. The highest BCUT2D eigenvalue weighted by Crippen LogP contribution is 2.29. The number of rotatable bonds is 3. The maximum atomic E-state index is 12.1. The van der Waals surface area contributed by atoms with Gasteiger partial charge in [0.05, 0.1) is 11.3 Å². The first kappa shape index (κ1) is 14.1. The van der Waals surface area contributed by atoms with Crippen LogP contribution in [0.4, 0.5) is 18.9 Å². The summed E-state index contributed by atoms with van der Waals surface area (Å²) in [6, 6.07) is 4.22. The average molecular weight is 262 g/mol. The van der Waals surface area contributed by atoms with E-state index in [1.54, 1.807) is 0 Å². The van der Waals surface area contributed by atoms with Gasteiger partial charge in [0.1, 0.15) is 0 Å². The molecule has 0 aliphatic carbocycles. The van der Waals surface area contributed by atoms with Crippen molar-refractivity contribution in [2.75, 3.05) is 26.4 Å². The summed E-state index contributed by atoms with van der Waals surface area (Å²) in [4.78, 5) is 13.0. The fourth-order valence-corrected chi connectivity index (χ4v) is 1.28. The van der Waals surface area contributed by atoms with Gasteiger partial charge in [0.25, 0.3) is 5.91 Å². The van der Waals surface area contributed by atoms with E-state index in [0.717, 1.165) is 0 Å². The molecule has 4 nitrogen and oxygen atoms in total. The number of amides is 1. The van der Waals surface area contributed by atoms with Gasteiger partial charge in [-0.1, -0.05) is 6.07 Å². The van der Waals surface area contributed by atoms with E-state index < -0.39 is 18.7 Å². The zero-order valence-corrected chi connectivity index (χ0v) is 9.91. The Morgan fingerprint density at radius 1 is 1.39 bits per heavy atom. The summed E-state index contributed by atoms with van der Waals surface area (Å²) in [5.41, 5.74) is 5.52. The Bertz CT molecular complexity index is 444. The van der Waals surface area contributed by atoms with Gasteiger partial charge in [0.15, 0.2) is 12.4 Å². The molecule has 18 heavy (non-hydrogen) atoms. The van der Waals surface area contributed by atoms with Crippen LogP contribution in [0.2, 0.25) is 0 Å². The molecule has 0 heterocycles. The first-order valence-corrected chi connectivity index (χ1v) is 5.02. The highest BCUT2D eigenvalue weighted by molar-refractivity contribution is 5.98. The molecular formula is C11H13F3N2O2. The molecule has 0 atom stereocenters. The number of para-hydroxylation sites is 1. The Morgan fingerprint density at radius 3 is 2.50 bits per heavy atom. The molecule has 1 aromatic rings. The largest absolute Gasteiger partial charge is 0.481 e. The number of anilines is 1. The van der Waals surface area contributed by atoms with E-state index in [1.165, 1.54) is 37.2 Å². The summed E-state index contributed by atoms with van der Waals surface area (Å²) in [7, 11) is 2.97. The second-order valence-corrected chi connectivity index (χ2v) is 3.83. The lowest BCUT2D eigenvalue weighted by molar-refractivity contribution is -0.153. The molecule has 0 aliphatic heterocycles. The number of hydrogen-bond acceptors (Lipinski definition) is 3. The molecule has 0 unspecified atom stereocenters. The van der Waals surface area contributed by atoms with Crippen LogP contribution in [0.3, 0.4) is 0 Å². The van der Waals surface area contributed by atoms with Gasteiger partial charge in [0, 0.05) is 14.1 Å². The summed E-state index contributed by atoms with van der Waals surface area (Å²) < 4.78 is 40.9. The number of nitrogens with two attached hydrogens (primary N) is 1. The van der Waals surface area contributed by atoms with Crippen LogP contribution < -0.4 is 10.5 Å². The number of nitrogen functional groups attached to an aromatic ring is 1. The van der Waals surface area contributed by atoms with Gasteiger partial charge in [-0.15, -0.1) is 0 Å². The molecule has 0 aliphatic rings. The topological polar surface area (TPSA) is 55.6 Å². The van der Waals surface area contributed by atoms with Crippen molar-refractivity contribution in [3.05, 3.63) is 23.8 Å². The zero-order valence-electron chi connectivity index (χ0n) is 9.91. The van der Waals surface area contributed by atoms with Gasteiger partial charge >= 0.3 is 6.18 Å². The maximum absolute atomic E-state index is 12.1. The second kappa shape index (κ2) is 5.16. The van der Waals surface area contributed by atoms with E-state index in [0.29, 0.717) is 0 Å². The summed E-state index contributed by atoms with van der Waals surface area (Å²) in [5.74, 6) is -0.715. The molecule has 0 aromatic heterocycles. The summed E-state index contributed by atoms with van der Waals surface area (Å²) in [5, 5.41) is 0. The molecule has 0 bridgehead atoms. The Balaban J connectivity index is 3.05. The third-order valence-electron chi connectivity index (χ3n) is 2.06. The van der Waals surface area contributed by atoms with Crippen molar-refractivity contribution < 1.29 is 22.7 Å². The SMILES string of the molecule is CN(C)C(=O)c1cccc(N)c1OCC(F)(F)F. The number of carbonyl (C=O) groups is 1. The van der Waals surface area contributed by atoms with Crippen molar-refractivity contribution in [2.45, 2.75) is 6.18 Å². The quantitative estimate of drug-likeness (QED) is 0.846. The number of halogens is 3. The minimum Gasteiger partial charge on any atom is -0.481 e. The molecule has 1 rings (SSSR count). The van der Waals surface area contributed by atoms with E-state index in [1.807, 2.05) is 0 Å². The average Bonchev–Trinajstić information content (AvgIpc) is 2.24. The number of alkyl halides is 3.